The third kappa shape index (κ3) is 3.26. The molecule has 0 spiro atoms. The molecule has 29 heavy (non-hydrogen) atoms. The van der Waals surface area contributed by atoms with E-state index in [0.717, 1.165) is 11.1 Å². The number of hydrogen-bond acceptors (Lipinski definition) is 2. The van der Waals surface area contributed by atoms with Crippen LogP contribution in [0.15, 0.2) is 59.7 Å². The zero-order valence-corrected chi connectivity index (χ0v) is 15.3. The lowest BCUT2D eigenvalue weighted by Crippen LogP contribution is -2.18. The van der Waals surface area contributed by atoms with Crippen molar-refractivity contribution in [3.63, 3.8) is 0 Å². The fourth-order valence-corrected chi connectivity index (χ4v) is 3.39. The van der Waals surface area contributed by atoms with E-state index >= 15 is 0 Å². The van der Waals surface area contributed by atoms with Crippen molar-refractivity contribution in [2.75, 3.05) is 5.01 Å². The van der Waals surface area contributed by atoms with Gasteiger partial charge in [0.25, 0.3) is 0 Å². The molecule has 7 heteroatoms. The van der Waals surface area contributed by atoms with Gasteiger partial charge in [-0.05, 0) is 24.6 Å². The van der Waals surface area contributed by atoms with Gasteiger partial charge in [-0.3, -0.25) is 5.01 Å². The van der Waals surface area contributed by atoms with Gasteiger partial charge in [0.2, 0.25) is 5.82 Å². The summed E-state index contributed by atoms with van der Waals surface area (Å²) in [6.07, 6.45) is -0.0176. The SMILES string of the molecule is Cc1ccc(N2N=C(c3c(F)c(F)c(F)c(F)c3F)C[C@H]2c2ccccc2)cc1. The van der Waals surface area contributed by atoms with Crippen LogP contribution in [-0.4, -0.2) is 5.71 Å². The van der Waals surface area contributed by atoms with Gasteiger partial charge >= 0.3 is 0 Å². The molecule has 0 saturated heterocycles. The molecule has 1 atom stereocenters. The molecule has 0 bridgehead atoms. The van der Waals surface area contributed by atoms with E-state index in [-0.39, 0.29) is 12.1 Å². The Hall–Kier alpha value is -3.22. The Morgan fingerprint density at radius 3 is 1.90 bits per heavy atom. The minimum absolute atomic E-state index is 0.0176. The van der Waals surface area contributed by atoms with E-state index in [4.69, 9.17) is 0 Å². The van der Waals surface area contributed by atoms with Crippen LogP contribution in [0.3, 0.4) is 0 Å². The second-order valence-corrected chi connectivity index (χ2v) is 6.80. The monoisotopic (exact) mass is 402 g/mol. The number of anilines is 1. The van der Waals surface area contributed by atoms with Gasteiger partial charge in [-0.1, -0.05) is 48.0 Å². The molecule has 0 fully saturated rings. The van der Waals surface area contributed by atoms with Crippen LogP contribution < -0.4 is 5.01 Å². The molecule has 3 aromatic carbocycles. The molecule has 0 amide bonds. The fraction of sp³-hybridized carbons (Fsp3) is 0.136. The van der Waals surface area contributed by atoms with Crippen molar-refractivity contribution in [3.05, 3.63) is 100 Å². The first kappa shape index (κ1) is 19.1. The number of hydrogen-bond donors (Lipinski definition) is 0. The quantitative estimate of drug-likeness (QED) is 0.296. The Balaban J connectivity index is 1.86. The van der Waals surface area contributed by atoms with Crippen LogP contribution >= 0.6 is 0 Å². The van der Waals surface area contributed by atoms with Gasteiger partial charge in [0.05, 0.1) is 23.0 Å². The molecule has 2 nitrogen and oxygen atoms in total. The molecule has 4 rings (SSSR count). The average Bonchev–Trinajstić information content (AvgIpc) is 3.17. The molecule has 148 valence electrons. The van der Waals surface area contributed by atoms with E-state index in [1.807, 2.05) is 37.3 Å². The number of nitrogens with zero attached hydrogens (tertiary/aromatic N) is 2. The smallest absolute Gasteiger partial charge is 0.200 e. The van der Waals surface area contributed by atoms with Gasteiger partial charge in [0.1, 0.15) is 0 Å². The zero-order chi connectivity index (χ0) is 20.7. The van der Waals surface area contributed by atoms with E-state index in [9.17, 15) is 22.0 Å². The molecule has 1 heterocycles. The van der Waals surface area contributed by atoms with Crippen molar-refractivity contribution in [1.82, 2.24) is 0 Å². The standard InChI is InChI=1S/C22H15F5N2/c1-12-7-9-14(10-8-12)29-16(13-5-3-2-4-6-13)11-15(28-29)17-18(23)20(25)22(27)21(26)19(17)24/h2-10,16H,11H2,1H3/t16-/m0/s1. The van der Waals surface area contributed by atoms with Crippen LogP contribution in [-0.2, 0) is 0 Å². The van der Waals surface area contributed by atoms with Crippen LogP contribution in [0, 0.1) is 36.0 Å². The molecule has 1 aliphatic heterocycles. The Morgan fingerprint density at radius 1 is 0.759 bits per heavy atom. The van der Waals surface area contributed by atoms with Crippen LogP contribution in [0.25, 0.3) is 0 Å². The number of halogens is 5. The first-order chi connectivity index (χ1) is 13.9. The molecule has 0 N–H and O–H groups in total. The highest BCUT2D eigenvalue weighted by Crippen LogP contribution is 2.38. The first-order valence-electron chi connectivity index (χ1n) is 8.88. The molecule has 0 radical (unpaired) electrons. The summed E-state index contributed by atoms with van der Waals surface area (Å²) in [5.41, 5.74) is 1.26. The van der Waals surface area contributed by atoms with Gasteiger partial charge in [-0.25, -0.2) is 22.0 Å². The van der Waals surface area contributed by atoms with E-state index < -0.39 is 40.7 Å². The largest absolute Gasteiger partial charge is 0.257 e. The summed E-state index contributed by atoms with van der Waals surface area (Å²) < 4.78 is 69.5. The fourth-order valence-electron chi connectivity index (χ4n) is 3.39. The molecular weight excluding hydrogens is 387 g/mol. The molecule has 0 aromatic heterocycles. The average molecular weight is 402 g/mol. The zero-order valence-electron chi connectivity index (χ0n) is 15.3. The van der Waals surface area contributed by atoms with Crippen molar-refractivity contribution in [2.24, 2.45) is 5.10 Å². The Morgan fingerprint density at radius 2 is 1.31 bits per heavy atom. The summed E-state index contributed by atoms with van der Waals surface area (Å²) in [4.78, 5) is 0. The van der Waals surface area contributed by atoms with Gasteiger partial charge < -0.3 is 0 Å². The van der Waals surface area contributed by atoms with Crippen molar-refractivity contribution < 1.29 is 22.0 Å². The van der Waals surface area contributed by atoms with Crippen LogP contribution in [0.4, 0.5) is 27.6 Å². The van der Waals surface area contributed by atoms with E-state index in [2.05, 4.69) is 5.10 Å². The molecule has 3 aromatic rings. The summed E-state index contributed by atoms with van der Waals surface area (Å²) >= 11 is 0. The van der Waals surface area contributed by atoms with Gasteiger partial charge in [-0.2, -0.15) is 5.10 Å². The minimum Gasteiger partial charge on any atom is -0.257 e. The lowest BCUT2D eigenvalue weighted by Gasteiger charge is -2.24. The third-order valence-corrected chi connectivity index (χ3v) is 4.89. The van der Waals surface area contributed by atoms with Crippen molar-refractivity contribution in [3.8, 4) is 0 Å². The summed E-state index contributed by atoms with van der Waals surface area (Å²) in [5, 5.41) is 5.81. The molecule has 1 aliphatic rings. The molecule has 0 unspecified atom stereocenters. The van der Waals surface area contributed by atoms with Gasteiger partial charge in [-0.15, -0.1) is 0 Å². The van der Waals surface area contributed by atoms with Gasteiger partial charge in [0, 0.05) is 6.42 Å². The highest BCUT2D eigenvalue weighted by molar-refractivity contribution is 6.03. The second-order valence-electron chi connectivity index (χ2n) is 6.80. The summed E-state index contributed by atoms with van der Waals surface area (Å²) in [7, 11) is 0. The number of aryl methyl sites for hydroxylation is 1. The molecular formula is C22H15F5N2. The minimum atomic E-state index is -2.18. The van der Waals surface area contributed by atoms with E-state index in [1.165, 1.54) is 0 Å². The maximum Gasteiger partial charge on any atom is 0.200 e. The predicted molar refractivity (Wildman–Crippen MR) is 100 cm³/mol. The number of rotatable bonds is 3. The van der Waals surface area contributed by atoms with E-state index in [1.54, 1.807) is 29.3 Å². The lowest BCUT2D eigenvalue weighted by atomic mass is 9.97. The van der Waals surface area contributed by atoms with Crippen LogP contribution in [0.2, 0.25) is 0 Å². The summed E-state index contributed by atoms with van der Waals surface area (Å²) in [6, 6.07) is 15.9. The van der Waals surface area contributed by atoms with Crippen LogP contribution in [0.5, 0.6) is 0 Å². The molecule has 0 aliphatic carbocycles. The Kier molecular flexibility index (Phi) is 4.82. The number of hydrazone groups is 1. The highest BCUT2D eigenvalue weighted by atomic mass is 19.2. The van der Waals surface area contributed by atoms with Gasteiger partial charge in [0.15, 0.2) is 23.3 Å². The maximum atomic E-state index is 14.3. The Bertz CT molecular complexity index is 1070. The van der Waals surface area contributed by atoms with Crippen LogP contribution in [0.1, 0.15) is 29.2 Å². The normalized spacial score (nSPS) is 16.3. The summed E-state index contributed by atoms with van der Waals surface area (Å²) in [5.74, 6) is -9.90. The van der Waals surface area contributed by atoms with Crippen molar-refractivity contribution in [1.29, 1.82) is 0 Å². The first-order valence-corrected chi connectivity index (χ1v) is 8.88. The second kappa shape index (κ2) is 7.31. The van der Waals surface area contributed by atoms with Crippen molar-refractivity contribution in [2.45, 2.75) is 19.4 Å². The highest BCUT2D eigenvalue weighted by Gasteiger charge is 2.35. The molecule has 0 saturated carbocycles. The van der Waals surface area contributed by atoms with E-state index in [0.29, 0.717) is 5.69 Å². The maximum absolute atomic E-state index is 14.3. The summed E-state index contributed by atoms with van der Waals surface area (Å²) in [6.45, 7) is 1.91. The topological polar surface area (TPSA) is 15.6 Å². The lowest BCUT2D eigenvalue weighted by molar-refractivity contribution is 0.377. The van der Waals surface area contributed by atoms with Crippen molar-refractivity contribution >= 4 is 11.4 Å². The number of benzene rings is 3. The predicted octanol–water partition coefficient (Wildman–Crippen LogP) is 6.05. The Labute approximate surface area is 163 Å². The third-order valence-electron chi connectivity index (χ3n) is 4.89.